The Morgan fingerprint density at radius 1 is 1.04 bits per heavy atom. The van der Waals surface area contributed by atoms with Crippen LogP contribution in [0.15, 0.2) is 71.1 Å². The molecule has 144 valence electrons. The molecule has 0 aliphatic rings. The molecule has 6 nitrogen and oxygen atoms in total. The number of carbonyl (C=O) groups excluding carboxylic acids is 1. The van der Waals surface area contributed by atoms with Crippen molar-refractivity contribution in [3.8, 4) is 11.3 Å². The molecule has 0 radical (unpaired) electrons. The third-order valence-corrected chi connectivity index (χ3v) is 4.24. The second kappa shape index (κ2) is 9.01. The number of carboxylic acids is 1. The molecule has 2 aromatic carbocycles. The predicted molar refractivity (Wildman–Crippen MR) is 104 cm³/mol. The minimum atomic E-state index is -1.18. The van der Waals surface area contributed by atoms with E-state index in [9.17, 15) is 14.7 Å². The Kier molecular flexibility index (Phi) is 6.24. The maximum Gasteiger partial charge on any atom is 0.328 e. The first-order valence-corrected chi connectivity index (χ1v) is 8.86. The fraction of sp³-hybridized carbons (Fsp3) is 0.182. The number of benzene rings is 2. The van der Waals surface area contributed by atoms with Crippen LogP contribution in [0.5, 0.6) is 0 Å². The van der Waals surface area contributed by atoms with E-state index in [-0.39, 0.29) is 19.0 Å². The molecule has 1 heterocycles. The van der Waals surface area contributed by atoms with E-state index >= 15 is 0 Å². The molecular formula is C22H21NO5. The molecule has 1 amide bonds. The number of hydrogen-bond donors (Lipinski definition) is 2. The largest absolute Gasteiger partial charge is 0.480 e. The smallest absolute Gasteiger partial charge is 0.328 e. The van der Waals surface area contributed by atoms with Crippen LogP contribution in [0.2, 0.25) is 0 Å². The highest BCUT2D eigenvalue weighted by Crippen LogP contribution is 2.25. The maximum absolute atomic E-state index is 12.4. The van der Waals surface area contributed by atoms with Crippen molar-refractivity contribution in [2.75, 3.05) is 6.61 Å². The summed E-state index contributed by atoms with van der Waals surface area (Å²) in [6, 6.07) is 19.1. The number of hydrogen-bond acceptors (Lipinski definition) is 4. The Morgan fingerprint density at radius 2 is 1.75 bits per heavy atom. The van der Waals surface area contributed by atoms with Gasteiger partial charge in [0.15, 0.2) is 11.8 Å². The SMILES string of the molecule is Cc1ccccc1-c1ccc(C(=O)NC(COCc2ccccc2)C(=O)O)o1. The lowest BCUT2D eigenvalue weighted by atomic mass is 10.1. The number of furan rings is 1. The van der Waals surface area contributed by atoms with E-state index in [1.807, 2.05) is 61.5 Å². The van der Waals surface area contributed by atoms with E-state index in [1.54, 1.807) is 6.07 Å². The fourth-order valence-corrected chi connectivity index (χ4v) is 2.73. The highest BCUT2D eigenvalue weighted by Gasteiger charge is 2.23. The van der Waals surface area contributed by atoms with E-state index in [1.165, 1.54) is 6.07 Å². The summed E-state index contributed by atoms with van der Waals surface area (Å²) in [5, 5.41) is 11.8. The molecule has 1 atom stereocenters. The lowest BCUT2D eigenvalue weighted by Crippen LogP contribution is -2.43. The zero-order valence-corrected chi connectivity index (χ0v) is 15.4. The Bertz CT molecular complexity index is 948. The number of ether oxygens (including phenoxy) is 1. The average Bonchev–Trinajstić information content (AvgIpc) is 3.18. The molecule has 0 aliphatic heterocycles. The van der Waals surface area contributed by atoms with Crippen LogP contribution in [0.25, 0.3) is 11.3 Å². The summed E-state index contributed by atoms with van der Waals surface area (Å²) in [5.41, 5.74) is 2.82. The zero-order valence-electron chi connectivity index (χ0n) is 15.4. The maximum atomic E-state index is 12.4. The molecule has 2 N–H and O–H groups in total. The van der Waals surface area contributed by atoms with Gasteiger partial charge in [-0.3, -0.25) is 4.79 Å². The van der Waals surface area contributed by atoms with Crippen LogP contribution in [0, 0.1) is 6.92 Å². The highest BCUT2D eigenvalue weighted by molar-refractivity contribution is 5.94. The second-order valence-electron chi connectivity index (χ2n) is 6.34. The molecule has 3 aromatic rings. The third-order valence-electron chi connectivity index (χ3n) is 4.24. The van der Waals surface area contributed by atoms with Gasteiger partial charge in [0, 0.05) is 5.56 Å². The first-order chi connectivity index (χ1) is 13.5. The van der Waals surface area contributed by atoms with Gasteiger partial charge in [-0.2, -0.15) is 0 Å². The standard InChI is InChI=1S/C22H21NO5/c1-15-7-5-6-10-17(15)19-11-12-20(28-19)21(24)23-18(22(25)26)14-27-13-16-8-3-2-4-9-16/h2-12,18H,13-14H2,1H3,(H,23,24)(H,25,26). The Hall–Kier alpha value is -3.38. The van der Waals surface area contributed by atoms with Crippen molar-refractivity contribution >= 4 is 11.9 Å². The quantitative estimate of drug-likeness (QED) is 0.624. The van der Waals surface area contributed by atoms with Crippen LogP contribution < -0.4 is 5.32 Å². The molecule has 0 spiro atoms. The van der Waals surface area contributed by atoms with Crippen molar-refractivity contribution in [2.24, 2.45) is 0 Å². The normalized spacial score (nSPS) is 11.8. The van der Waals surface area contributed by atoms with Gasteiger partial charge in [-0.1, -0.05) is 54.6 Å². The van der Waals surface area contributed by atoms with Gasteiger partial charge in [0.25, 0.3) is 5.91 Å². The van der Waals surface area contributed by atoms with Crippen LogP contribution in [-0.2, 0) is 16.1 Å². The third kappa shape index (κ3) is 4.86. The summed E-state index contributed by atoms with van der Waals surface area (Å²) < 4.78 is 11.1. The van der Waals surface area contributed by atoms with Crippen LogP contribution >= 0.6 is 0 Å². The number of amides is 1. The number of aryl methyl sites for hydroxylation is 1. The molecule has 1 unspecified atom stereocenters. The highest BCUT2D eigenvalue weighted by atomic mass is 16.5. The monoisotopic (exact) mass is 379 g/mol. The zero-order chi connectivity index (χ0) is 19.9. The van der Waals surface area contributed by atoms with Crippen LogP contribution in [0.3, 0.4) is 0 Å². The fourth-order valence-electron chi connectivity index (χ4n) is 2.73. The van der Waals surface area contributed by atoms with Gasteiger partial charge >= 0.3 is 5.97 Å². The van der Waals surface area contributed by atoms with Crippen molar-refractivity contribution in [1.29, 1.82) is 0 Å². The molecule has 0 bridgehead atoms. The van der Waals surface area contributed by atoms with Crippen molar-refractivity contribution in [3.05, 3.63) is 83.6 Å². The number of rotatable bonds is 8. The molecule has 1 aromatic heterocycles. The minimum absolute atomic E-state index is 0.0487. The minimum Gasteiger partial charge on any atom is -0.480 e. The number of carboxylic acid groups (broad SMARTS) is 1. The van der Waals surface area contributed by atoms with Crippen molar-refractivity contribution in [1.82, 2.24) is 5.32 Å². The average molecular weight is 379 g/mol. The van der Waals surface area contributed by atoms with Crippen LogP contribution in [-0.4, -0.2) is 29.6 Å². The molecule has 0 aliphatic carbocycles. The first-order valence-electron chi connectivity index (χ1n) is 8.86. The predicted octanol–water partition coefficient (Wildman–Crippen LogP) is 3.65. The van der Waals surface area contributed by atoms with Gasteiger partial charge in [0.05, 0.1) is 13.2 Å². The van der Waals surface area contributed by atoms with Gasteiger partial charge < -0.3 is 19.6 Å². The van der Waals surface area contributed by atoms with E-state index in [0.29, 0.717) is 5.76 Å². The molecular weight excluding hydrogens is 358 g/mol. The molecule has 0 fully saturated rings. The van der Waals surface area contributed by atoms with Crippen molar-refractivity contribution in [2.45, 2.75) is 19.6 Å². The summed E-state index contributed by atoms with van der Waals surface area (Å²) >= 11 is 0. The van der Waals surface area contributed by atoms with Gasteiger partial charge in [0.2, 0.25) is 0 Å². The van der Waals surface area contributed by atoms with E-state index < -0.39 is 17.9 Å². The van der Waals surface area contributed by atoms with Crippen LogP contribution in [0.4, 0.5) is 0 Å². The number of carbonyl (C=O) groups is 2. The van der Waals surface area contributed by atoms with Gasteiger partial charge in [-0.15, -0.1) is 0 Å². The summed E-state index contributed by atoms with van der Waals surface area (Å²) in [4.78, 5) is 23.9. The number of nitrogens with one attached hydrogen (secondary N) is 1. The molecule has 3 rings (SSSR count). The van der Waals surface area contributed by atoms with E-state index in [0.717, 1.165) is 16.7 Å². The molecule has 0 saturated heterocycles. The van der Waals surface area contributed by atoms with Crippen molar-refractivity contribution in [3.63, 3.8) is 0 Å². The molecule has 6 heteroatoms. The van der Waals surface area contributed by atoms with Gasteiger partial charge in [0.1, 0.15) is 5.76 Å². The summed E-state index contributed by atoms with van der Waals surface area (Å²) in [5.74, 6) is -1.18. The summed E-state index contributed by atoms with van der Waals surface area (Å²) in [6.07, 6.45) is 0. The number of aliphatic carboxylic acids is 1. The van der Waals surface area contributed by atoms with Gasteiger partial charge in [-0.05, 0) is 30.2 Å². The Morgan fingerprint density at radius 3 is 2.46 bits per heavy atom. The summed E-state index contributed by atoms with van der Waals surface area (Å²) in [6.45, 7) is 2.06. The second-order valence-corrected chi connectivity index (χ2v) is 6.34. The van der Waals surface area contributed by atoms with Crippen molar-refractivity contribution < 1.29 is 23.8 Å². The lowest BCUT2D eigenvalue weighted by Gasteiger charge is -2.14. The van der Waals surface area contributed by atoms with Crippen LogP contribution in [0.1, 0.15) is 21.7 Å². The Balaban J connectivity index is 1.61. The lowest BCUT2D eigenvalue weighted by molar-refractivity contribution is -0.141. The summed E-state index contributed by atoms with van der Waals surface area (Å²) in [7, 11) is 0. The van der Waals surface area contributed by atoms with E-state index in [4.69, 9.17) is 9.15 Å². The molecule has 0 saturated carbocycles. The first kappa shape index (κ1) is 19.4. The van der Waals surface area contributed by atoms with Gasteiger partial charge in [-0.25, -0.2) is 4.79 Å². The van der Waals surface area contributed by atoms with E-state index in [2.05, 4.69) is 5.32 Å². The Labute approximate surface area is 162 Å². The molecule has 28 heavy (non-hydrogen) atoms. The topological polar surface area (TPSA) is 88.8 Å².